The van der Waals surface area contributed by atoms with Crippen molar-refractivity contribution in [3.05, 3.63) is 32.7 Å². The summed E-state index contributed by atoms with van der Waals surface area (Å²) in [5, 5.41) is 8.97. The molecule has 2 aromatic rings. The lowest BCUT2D eigenvalue weighted by Crippen LogP contribution is -2.23. The molecule has 3 rings (SSSR count). The van der Waals surface area contributed by atoms with Gasteiger partial charge in [0.1, 0.15) is 5.56 Å². The summed E-state index contributed by atoms with van der Waals surface area (Å²) in [6, 6.07) is 0. The molecule has 0 aromatic carbocycles. The normalized spacial score (nSPS) is 15.3. The average Bonchev–Trinajstić information content (AvgIpc) is 2.52. The van der Waals surface area contributed by atoms with E-state index in [4.69, 9.17) is 5.11 Å². The summed E-state index contributed by atoms with van der Waals surface area (Å²) in [6.07, 6.45) is 6.29. The molecule has 5 nitrogen and oxygen atoms in total. The summed E-state index contributed by atoms with van der Waals surface area (Å²) in [6.45, 7) is 0. The third-order valence-corrected chi connectivity index (χ3v) is 4.44. The third kappa shape index (κ3) is 1.64. The molecule has 0 amide bonds. The molecule has 1 aliphatic rings. The minimum atomic E-state index is -1.21. The van der Waals surface area contributed by atoms with Gasteiger partial charge in [0, 0.05) is 10.6 Å². The van der Waals surface area contributed by atoms with Crippen molar-refractivity contribution in [1.82, 2.24) is 9.38 Å². The Hall–Kier alpha value is -1.69. The Kier molecular flexibility index (Phi) is 2.66. The van der Waals surface area contributed by atoms with Crippen LogP contribution in [0, 0.1) is 0 Å². The molecule has 0 spiro atoms. The predicted molar refractivity (Wildman–Crippen MR) is 67.6 cm³/mol. The van der Waals surface area contributed by atoms with Crippen LogP contribution in [0.3, 0.4) is 0 Å². The summed E-state index contributed by atoms with van der Waals surface area (Å²) in [4.78, 5) is 29.0. The monoisotopic (exact) mass is 264 g/mol. The zero-order valence-electron chi connectivity index (χ0n) is 9.68. The number of aryl methyl sites for hydroxylation is 2. The summed E-state index contributed by atoms with van der Waals surface area (Å²) in [7, 11) is 0. The van der Waals surface area contributed by atoms with Crippen molar-refractivity contribution in [1.29, 1.82) is 0 Å². The van der Waals surface area contributed by atoms with Crippen molar-refractivity contribution < 1.29 is 9.90 Å². The summed E-state index contributed by atoms with van der Waals surface area (Å²) in [5.41, 5.74) is 0.261. The van der Waals surface area contributed by atoms with Crippen molar-refractivity contribution in [2.75, 3.05) is 0 Å². The number of aromatic carboxylic acids is 1. The number of rotatable bonds is 1. The van der Waals surface area contributed by atoms with Crippen LogP contribution in [-0.4, -0.2) is 20.5 Å². The van der Waals surface area contributed by atoms with Crippen LogP contribution in [0.15, 0.2) is 11.0 Å². The van der Waals surface area contributed by atoms with E-state index < -0.39 is 11.5 Å². The van der Waals surface area contributed by atoms with Crippen molar-refractivity contribution in [2.24, 2.45) is 0 Å². The number of carbonyl (C=O) groups is 1. The standard InChI is InChI=1S/C12H12N2O3S/c15-10-7(11(16)17)6-13-12-14(10)8-4-2-1-3-5-9(8)18-12/h6H,1-5H2,(H,16,17). The van der Waals surface area contributed by atoms with E-state index in [0.717, 1.165) is 44.0 Å². The lowest BCUT2D eigenvalue weighted by Gasteiger charge is -2.01. The molecule has 0 bridgehead atoms. The molecule has 0 saturated carbocycles. The van der Waals surface area contributed by atoms with E-state index in [9.17, 15) is 9.59 Å². The maximum absolute atomic E-state index is 12.2. The Morgan fingerprint density at radius 2 is 2.11 bits per heavy atom. The molecule has 18 heavy (non-hydrogen) atoms. The van der Waals surface area contributed by atoms with Gasteiger partial charge in [-0.05, 0) is 25.7 Å². The second kappa shape index (κ2) is 4.20. The van der Waals surface area contributed by atoms with Crippen molar-refractivity contribution in [3.63, 3.8) is 0 Å². The minimum Gasteiger partial charge on any atom is -0.477 e. The highest BCUT2D eigenvalue weighted by molar-refractivity contribution is 7.17. The van der Waals surface area contributed by atoms with Gasteiger partial charge >= 0.3 is 5.97 Å². The third-order valence-electron chi connectivity index (χ3n) is 3.28. The number of hydrogen-bond acceptors (Lipinski definition) is 4. The highest BCUT2D eigenvalue weighted by Crippen LogP contribution is 2.27. The molecule has 0 fully saturated rings. The molecular weight excluding hydrogens is 252 g/mol. The van der Waals surface area contributed by atoms with Crippen molar-refractivity contribution in [3.8, 4) is 0 Å². The summed E-state index contributed by atoms with van der Waals surface area (Å²) in [5.74, 6) is -1.21. The SMILES string of the molecule is O=C(O)c1cnc2sc3c(n2c1=O)CCCCC3. The van der Waals surface area contributed by atoms with E-state index in [2.05, 4.69) is 4.98 Å². The smallest absolute Gasteiger partial charge is 0.342 e. The molecule has 1 N–H and O–H groups in total. The molecule has 0 aliphatic heterocycles. The van der Waals surface area contributed by atoms with E-state index in [1.54, 1.807) is 0 Å². The molecule has 94 valence electrons. The summed E-state index contributed by atoms with van der Waals surface area (Å²) < 4.78 is 1.49. The van der Waals surface area contributed by atoms with Crippen molar-refractivity contribution >= 4 is 22.3 Å². The van der Waals surface area contributed by atoms with Gasteiger partial charge in [0.2, 0.25) is 0 Å². The van der Waals surface area contributed by atoms with Gasteiger partial charge in [0.25, 0.3) is 5.56 Å². The van der Waals surface area contributed by atoms with Gasteiger partial charge in [-0.15, -0.1) is 11.3 Å². The van der Waals surface area contributed by atoms with E-state index in [1.165, 1.54) is 20.6 Å². The first-order valence-corrected chi connectivity index (χ1v) is 6.76. The second-order valence-electron chi connectivity index (χ2n) is 4.43. The van der Waals surface area contributed by atoms with E-state index in [-0.39, 0.29) is 5.56 Å². The first-order chi connectivity index (χ1) is 8.68. The Morgan fingerprint density at radius 3 is 2.89 bits per heavy atom. The molecular formula is C12H12N2O3S. The number of carboxylic acid groups (broad SMARTS) is 1. The van der Waals surface area contributed by atoms with Crippen LogP contribution < -0.4 is 5.56 Å². The van der Waals surface area contributed by atoms with Gasteiger partial charge in [-0.2, -0.15) is 0 Å². The van der Waals surface area contributed by atoms with E-state index in [1.807, 2.05) is 0 Å². The molecule has 0 radical (unpaired) electrons. The fourth-order valence-electron chi connectivity index (χ4n) is 2.39. The molecule has 0 saturated heterocycles. The van der Waals surface area contributed by atoms with Crippen LogP contribution in [0.4, 0.5) is 0 Å². The quantitative estimate of drug-likeness (QED) is 0.796. The number of nitrogens with zero attached hydrogens (tertiary/aromatic N) is 2. The van der Waals surface area contributed by atoms with Gasteiger partial charge in [-0.25, -0.2) is 9.78 Å². The van der Waals surface area contributed by atoms with Gasteiger partial charge < -0.3 is 5.11 Å². The molecule has 0 unspecified atom stereocenters. The maximum Gasteiger partial charge on any atom is 0.342 e. The van der Waals surface area contributed by atoms with Crippen LogP contribution in [0.1, 0.15) is 40.2 Å². The first kappa shape index (κ1) is 11.4. The zero-order chi connectivity index (χ0) is 12.7. The Labute approximate surface area is 107 Å². The average molecular weight is 264 g/mol. The molecule has 0 atom stereocenters. The van der Waals surface area contributed by atoms with Crippen LogP contribution in [-0.2, 0) is 12.8 Å². The Bertz CT molecular complexity index is 686. The highest BCUT2D eigenvalue weighted by Gasteiger charge is 2.20. The lowest BCUT2D eigenvalue weighted by molar-refractivity contribution is 0.0694. The van der Waals surface area contributed by atoms with E-state index >= 15 is 0 Å². The molecule has 2 heterocycles. The van der Waals surface area contributed by atoms with Gasteiger partial charge in [0.05, 0.1) is 6.20 Å². The number of aromatic nitrogens is 2. The zero-order valence-corrected chi connectivity index (χ0v) is 10.5. The fourth-order valence-corrected chi connectivity index (χ4v) is 3.56. The molecule has 2 aromatic heterocycles. The topological polar surface area (TPSA) is 71.7 Å². The molecule has 6 heteroatoms. The predicted octanol–water partition coefficient (Wildman–Crippen LogP) is 1.72. The Balaban J connectivity index is 2.33. The van der Waals surface area contributed by atoms with Crippen LogP contribution >= 0.6 is 11.3 Å². The van der Waals surface area contributed by atoms with Crippen LogP contribution in [0.25, 0.3) is 4.96 Å². The second-order valence-corrected chi connectivity index (χ2v) is 5.49. The van der Waals surface area contributed by atoms with Crippen molar-refractivity contribution in [2.45, 2.75) is 32.1 Å². The molecule has 1 aliphatic carbocycles. The highest BCUT2D eigenvalue weighted by atomic mass is 32.1. The first-order valence-electron chi connectivity index (χ1n) is 5.94. The Morgan fingerprint density at radius 1 is 1.33 bits per heavy atom. The fraction of sp³-hybridized carbons (Fsp3) is 0.417. The van der Waals surface area contributed by atoms with Gasteiger partial charge in [-0.3, -0.25) is 9.20 Å². The number of fused-ring (bicyclic) bond motifs is 3. The van der Waals surface area contributed by atoms with Gasteiger partial charge in [-0.1, -0.05) is 6.42 Å². The number of hydrogen-bond donors (Lipinski definition) is 1. The van der Waals surface area contributed by atoms with Crippen LogP contribution in [0.5, 0.6) is 0 Å². The summed E-state index contributed by atoms with van der Waals surface area (Å²) >= 11 is 1.51. The number of thiazole rings is 1. The van der Waals surface area contributed by atoms with Gasteiger partial charge in [0.15, 0.2) is 4.96 Å². The lowest BCUT2D eigenvalue weighted by atomic mass is 10.2. The van der Waals surface area contributed by atoms with E-state index in [0.29, 0.717) is 4.96 Å². The minimum absolute atomic E-state index is 0.252. The number of carboxylic acids is 1. The largest absolute Gasteiger partial charge is 0.477 e. The van der Waals surface area contributed by atoms with Crippen LogP contribution in [0.2, 0.25) is 0 Å². The maximum atomic E-state index is 12.2.